The summed E-state index contributed by atoms with van der Waals surface area (Å²) in [6, 6.07) is 2.13. The van der Waals surface area contributed by atoms with Crippen molar-refractivity contribution in [3.8, 4) is 0 Å². The molecule has 0 radical (unpaired) electrons. The number of nitrogens with one attached hydrogen (secondary N) is 1. The number of alkyl halides is 3. The molecule has 1 aromatic rings. The van der Waals surface area contributed by atoms with E-state index in [2.05, 4.69) is 5.32 Å². The van der Waals surface area contributed by atoms with E-state index >= 15 is 0 Å². The molecule has 4 nitrogen and oxygen atoms in total. The Kier molecular flexibility index (Phi) is 4.92. The molecular formula is C14H18F3NO3. The van der Waals surface area contributed by atoms with Crippen molar-refractivity contribution in [3.63, 3.8) is 0 Å². The van der Waals surface area contributed by atoms with Crippen LogP contribution in [0.15, 0.2) is 16.5 Å². The summed E-state index contributed by atoms with van der Waals surface area (Å²) in [5, 5.41) is 3.09. The lowest BCUT2D eigenvalue weighted by atomic mass is 10.0. The standard InChI is InChI=1S/C14H18F3NO3/c1-2-20-13(19)10-4-3-5-11(10)18-8-9-6-7-12(21-9)14(15,16)17/h6-7,10-11,18H,2-5,8H2,1H3/t10-,11-/m1/s1. The van der Waals surface area contributed by atoms with Crippen molar-refractivity contribution in [3.05, 3.63) is 23.7 Å². The van der Waals surface area contributed by atoms with Gasteiger partial charge in [0.15, 0.2) is 0 Å². The molecule has 0 aliphatic heterocycles. The fourth-order valence-corrected chi connectivity index (χ4v) is 2.59. The number of hydrogen-bond acceptors (Lipinski definition) is 4. The molecule has 0 amide bonds. The quantitative estimate of drug-likeness (QED) is 0.849. The van der Waals surface area contributed by atoms with Crippen LogP contribution in [0.5, 0.6) is 0 Å². The van der Waals surface area contributed by atoms with Gasteiger partial charge in [0, 0.05) is 6.04 Å². The van der Waals surface area contributed by atoms with Crippen molar-refractivity contribution in [1.29, 1.82) is 0 Å². The van der Waals surface area contributed by atoms with E-state index in [1.54, 1.807) is 6.92 Å². The Morgan fingerprint density at radius 1 is 1.43 bits per heavy atom. The lowest BCUT2D eigenvalue weighted by molar-refractivity contribution is -0.153. The molecule has 0 bridgehead atoms. The molecule has 7 heteroatoms. The zero-order valence-corrected chi connectivity index (χ0v) is 11.7. The van der Waals surface area contributed by atoms with Crippen molar-refractivity contribution < 1.29 is 27.1 Å². The molecule has 21 heavy (non-hydrogen) atoms. The van der Waals surface area contributed by atoms with Crippen LogP contribution >= 0.6 is 0 Å². The van der Waals surface area contributed by atoms with Gasteiger partial charge in [-0.3, -0.25) is 4.79 Å². The Hall–Kier alpha value is -1.50. The molecule has 0 spiro atoms. The van der Waals surface area contributed by atoms with Crippen LogP contribution in [0.2, 0.25) is 0 Å². The Labute approximate surface area is 120 Å². The van der Waals surface area contributed by atoms with E-state index in [0.29, 0.717) is 6.61 Å². The summed E-state index contributed by atoms with van der Waals surface area (Å²) in [5.41, 5.74) is 0. The maximum absolute atomic E-state index is 12.4. The molecule has 1 saturated carbocycles. The van der Waals surface area contributed by atoms with Crippen LogP contribution in [-0.4, -0.2) is 18.6 Å². The van der Waals surface area contributed by atoms with Crippen molar-refractivity contribution in [1.82, 2.24) is 5.32 Å². The number of ether oxygens (including phenoxy) is 1. The topological polar surface area (TPSA) is 51.5 Å². The third kappa shape index (κ3) is 4.00. The van der Waals surface area contributed by atoms with Gasteiger partial charge in [-0.15, -0.1) is 0 Å². The second kappa shape index (κ2) is 6.51. The lowest BCUT2D eigenvalue weighted by Crippen LogP contribution is -2.36. The zero-order valence-electron chi connectivity index (χ0n) is 11.7. The Bertz CT molecular complexity index is 484. The van der Waals surface area contributed by atoms with Crippen molar-refractivity contribution in [2.75, 3.05) is 6.61 Å². The average Bonchev–Trinajstić information content (AvgIpc) is 3.05. The summed E-state index contributed by atoms with van der Waals surface area (Å²) in [4.78, 5) is 11.8. The molecule has 2 atom stereocenters. The van der Waals surface area contributed by atoms with Gasteiger partial charge >= 0.3 is 12.1 Å². The van der Waals surface area contributed by atoms with Gasteiger partial charge in [-0.1, -0.05) is 6.42 Å². The second-order valence-corrected chi connectivity index (χ2v) is 5.04. The highest BCUT2D eigenvalue weighted by Crippen LogP contribution is 2.31. The Morgan fingerprint density at radius 3 is 2.81 bits per heavy atom. The minimum Gasteiger partial charge on any atom is -0.466 e. The third-order valence-electron chi connectivity index (χ3n) is 3.58. The highest BCUT2D eigenvalue weighted by molar-refractivity contribution is 5.73. The molecule has 1 fully saturated rings. The second-order valence-electron chi connectivity index (χ2n) is 5.04. The summed E-state index contributed by atoms with van der Waals surface area (Å²) in [5.74, 6) is -1.28. The molecule has 0 saturated heterocycles. The SMILES string of the molecule is CCOC(=O)[C@@H]1CCC[C@H]1NCc1ccc(C(F)(F)F)o1. The lowest BCUT2D eigenvalue weighted by Gasteiger charge is -2.19. The summed E-state index contributed by atoms with van der Waals surface area (Å²) >= 11 is 0. The Balaban J connectivity index is 1.90. The number of furan rings is 1. The molecule has 1 aliphatic rings. The monoisotopic (exact) mass is 305 g/mol. The minimum atomic E-state index is -4.47. The predicted octanol–water partition coefficient (Wildman–Crippen LogP) is 3.12. The van der Waals surface area contributed by atoms with Gasteiger partial charge in [0.05, 0.1) is 19.1 Å². The van der Waals surface area contributed by atoms with E-state index < -0.39 is 11.9 Å². The van der Waals surface area contributed by atoms with Crippen LogP contribution in [0, 0.1) is 5.92 Å². The van der Waals surface area contributed by atoms with E-state index in [0.717, 1.165) is 25.3 Å². The molecule has 1 N–H and O–H groups in total. The number of halogens is 3. The third-order valence-corrected chi connectivity index (χ3v) is 3.58. The largest absolute Gasteiger partial charge is 0.466 e. The average molecular weight is 305 g/mol. The zero-order chi connectivity index (χ0) is 15.5. The fourth-order valence-electron chi connectivity index (χ4n) is 2.59. The predicted molar refractivity (Wildman–Crippen MR) is 68.3 cm³/mol. The fraction of sp³-hybridized carbons (Fsp3) is 0.643. The summed E-state index contributed by atoms with van der Waals surface area (Å²) in [6.45, 7) is 2.24. The first-order valence-electron chi connectivity index (χ1n) is 6.97. The van der Waals surface area contributed by atoms with Crippen LogP contribution in [-0.2, 0) is 22.3 Å². The first-order chi connectivity index (χ1) is 9.91. The van der Waals surface area contributed by atoms with Crippen LogP contribution in [0.1, 0.15) is 37.7 Å². The number of carbonyl (C=O) groups is 1. The molecule has 2 rings (SSSR count). The molecule has 1 aliphatic carbocycles. The van der Waals surface area contributed by atoms with E-state index in [4.69, 9.17) is 9.15 Å². The van der Waals surface area contributed by atoms with Crippen LogP contribution < -0.4 is 5.32 Å². The summed E-state index contributed by atoms with van der Waals surface area (Å²) in [6.07, 6.45) is -2.04. The summed E-state index contributed by atoms with van der Waals surface area (Å²) in [7, 11) is 0. The molecule has 1 aromatic heterocycles. The van der Waals surface area contributed by atoms with Gasteiger partial charge in [-0.25, -0.2) is 0 Å². The van der Waals surface area contributed by atoms with E-state index in [9.17, 15) is 18.0 Å². The first kappa shape index (κ1) is 15.9. The number of rotatable bonds is 5. The van der Waals surface area contributed by atoms with Gasteiger partial charge in [-0.05, 0) is 31.9 Å². The van der Waals surface area contributed by atoms with E-state index in [-0.39, 0.29) is 30.2 Å². The number of hydrogen-bond donors (Lipinski definition) is 1. The Morgan fingerprint density at radius 2 is 2.19 bits per heavy atom. The maximum Gasteiger partial charge on any atom is 0.449 e. The van der Waals surface area contributed by atoms with Crippen molar-refractivity contribution in [2.24, 2.45) is 5.92 Å². The highest BCUT2D eigenvalue weighted by atomic mass is 19.4. The first-order valence-corrected chi connectivity index (χ1v) is 6.97. The smallest absolute Gasteiger partial charge is 0.449 e. The van der Waals surface area contributed by atoms with E-state index in [1.165, 1.54) is 6.07 Å². The van der Waals surface area contributed by atoms with Crippen LogP contribution in [0.4, 0.5) is 13.2 Å². The molecule has 118 valence electrons. The van der Waals surface area contributed by atoms with Gasteiger partial charge < -0.3 is 14.5 Å². The van der Waals surface area contributed by atoms with Gasteiger partial charge in [0.1, 0.15) is 5.76 Å². The molecule has 0 unspecified atom stereocenters. The van der Waals surface area contributed by atoms with Crippen LogP contribution in [0.3, 0.4) is 0 Å². The minimum absolute atomic E-state index is 0.0801. The number of esters is 1. The molecule has 1 heterocycles. The maximum atomic E-state index is 12.4. The van der Waals surface area contributed by atoms with Gasteiger partial charge in [0.25, 0.3) is 0 Å². The summed E-state index contributed by atoms with van der Waals surface area (Å²) < 4.78 is 47.0. The highest BCUT2D eigenvalue weighted by Gasteiger charge is 2.36. The molecule has 0 aromatic carbocycles. The normalized spacial score (nSPS) is 22.5. The van der Waals surface area contributed by atoms with Crippen molar-refractivity contribution in [2.45, 2.75) is 44.9 Å². The van der Waals surface area contributed by atoms with Crippen LogP contribution in [0.25, 0.3) is 0 Å². The van der Waals surface area contributed by atoms with Gasteiger partial charge in [-0.2, -0.15) is 13.2 Å². The van der Waals surface area contributed by atoms with E-state index in [1.807, 2.05) is 0 Å². The van der Waals surface area contributed by atoms with Gasteiger partial charge in [0.2, 0.25) is 5.76 Å². The van der Waals surface area contributed by atoms with Crippen molar-refractivity contribution >= 4 is 5.97 Å². The number of carbonyl (C=O) groups excluding carboxylic acids is 1. The molecular weight excluding hydrogens is 287 g/mol.